The van der Waals surface area contributed by atoms with Crippen LogP contribution in [-0.4, -0.2) is 4.98 Å². The predicted octanol–water partition coefficient (Wildman–Crippen LogP) is 4.51. The summed E-state index contributed by atoms with van der Waals surface area (Å²) in [6.07, 6.45) is 2.66. The lowest BCUT2D eigenvalue weighted by Gasteiger charge is -1.87. The first-order valence-electron chi connectivity index (χ1n) is 4.53. The molecule has 0 spiro atoms. The third-order valence-electron chi connectivity index (χ3n) is 2.30. The minimum Gasteiger partial charge on any atom is -0.240 e. The highest BCUT2D eigenvalue weighted by Crippen LogP contribution is 2.42. The van der Waals surface area contributed by atoms with Crippen LogP contribution >= 0.6 is 38.6 Å². The highest BCUT2D eigenvalue weighted by Gasteiger charge is 2.26. The second-order valence-corrected chi connectivity index (χ2v) is 6.17. The van der Waals surface area contributed by atoms with Gasteiger partial charge in [0.05, 0.1) is 10.6 Å². The molecule has 2 aromatic rings. The molecule has 2 heterocycles. The van der Waals surface area contributed by atoms with Crippen LogP contribution in [0.15, 0.2) is 21.3 Å². The molecule has 0 unspecified atom stereocenters. The van der Waals surface area contributed by atoms with Gasteiger partial charge >= 0.3 is 0 Å². The molecule has 0 amide bonds. The maximum atomic E-state index is 4.66. The van der Waals surface area contributed by atoms with Crippen molar-refractivity contribution in [3.05, 3.63) is 27.0 Å². The minimum atomic E-state index is 0.767. The largest absolute Gasteiger partial charge is 0.240 e. The van der Waals surface area contributed by atoms with Crippen LogP contribution in [0.4, 0.5) is 0 Å². The third-order valence-corrected chi connectivity index (χ3v) is 5.02. The molecule has 0 aliphatic heterocycles. The average Bonchev–Trinajstić information content (AvgIpc) is 2.76. The summed E-state index contributed by atoms with van der Waals surface area (Å²) in [7, 11) is 0. The zero-order valence-corrected chi connectivity index (χ0v) is 10.6. The van der Waals surface area contributed by atoms with Crippen molar-refractivity contribution in [2.75, 3.05) is 0 Å². The second kappa shape index (κ2) is 3.43. The van der Waals surface area contributed by atoms with E-state index in [1.54, 1.807) is 22.7 Å². The summed E-state index contributed by atoms with van der Waals surface area (Å²) >= 11 is 6.98. The Labute approximate surface area is 98.9 Å². The van der Waals surface area contributed by atoms with Crippen molar-refractivity contribution in [1.82, 2.24) is 4.98 Å². The van der Waals surface area contributed by atoms with Gasteiger partial charge in [0.2, 0.25) is 0 Å². The highest BCUT2D eigenvalue weighted by molar-refractivity contribution is 9.10. The maximum Gasteiger partial charge on any atom is 0.133 e. The molecule has 3 rings (SSSR count). The van der Waals surface area contributed by atoms with E-state index in [-0.39, 0.29) is 0 Å². The molecule has 0 saturated heterocycles. The molecule has 0 radical (unpaired) electrons. The summed E-state index contributed by atoms with van der Waals surface area (Å²) in [5.74, 6) is 0.767. The lowest BCUT2D eigenvalue weighted by Crippen LogP contribution is -1.77. The Hall–Kier alpha value is -0.190. The summed E-state index contributed by atoms with van der Waals surface area (Å²) in [5, 5.41) is 5.48. The highest BCUT2D eigenvalue weighted by atomic mass is 79.9. The van der Waals surface area contributed by atoms with E-state index in [0.717, 1.165) is 10.4 Å². The number of halogens is 1. The fourth-order valence-corrected chi connectivity index (χ4v) is 3.80. The van der Waals surface area contributed by atoms with E-state index < -0.39 is 0 Å². The Balaban J connectivity index is 1.95. The van der Waals surface area contributed by atoms with E-state index in [1.807, 2.05) is 0 Å². The molecule has 1 aliphatic carbocycles. The van der Waals surface area contributed by atoms with Crippen molar-refractivity contribution in [1.29, 1.82) is 0 Å². The summed E-state index contributed by atoms with van der Waals surface area (Å²) in [6, 6.07) is 2.14. The van der Waals surface area contributed by atoms with E-state index in [0.29, 0.717) is 0 Å². The number of rotatable bonds is 2. The Kier molecular flexibility index (Phi) is 2.22. The first-order chi connectivity index (χ1) is 6.83. The molecular weight excluding hydrogens is 278 g/mol. The number of aromatic nitrogens is 1. The van der Waals surface area contributed by atoms with Crippen LogP contribution < -0.4 is 0 Å². The molecular formula is C10H8BrNS2. The molecule has 72 valence electrons. The number of thiophene rings is 1. The molecule has 0 atom stereocenters. The van der Waals surface area contributed by atoms with Crippen molar-refractivity contribution in [3.8, 4) is 9.88 Å². The molecule has 0 N–H and O–H groups in total. The molecule has 0 bridgehead atoms. The Morgan fingerprint density at radius 1 is 1.29 bits per heavy atom. The van der Waals surface area contributed by atoms with Crippen molar-refractivity contribution in [2.24, 2.45) is 0 Å². The molecule has 14 heavy (non-hydrogen) atoms. The van der Waals surface area contributed by atoms with E-state index in [2.05, 4.69) is 37.7 Å². The monoisotopic (exact) mass is 285 g/mol. The van der Waals surface area contributed by atoms with Crippen LogP contribution in [0.2, 0.25) is 0 Å². The first-order valence-corrected chi connectivity index (χ1v) is 7.08. The molecule has 1 fully saturated rings. The summed E-state index contributed by atoms with van der Waals surface area (Å²) in [6.45, 7) is 0. The Morgan fingerprint density at radius 2 is 2.14 bits per heavy atom. The SMILES string of the molecule is Brc1csc(-c2nc(C3CC3)cs2)c1. The maximum absolute atomic E-state index is 4.66. The topological polar surface area (TPSA) is 12.9 Å². The lowest BCUT2D eigenvalue weighted by atomic mass is 10.3. The molecule has 1 nitrogen and oxygen atoms in total. The fourth-order valence-electron chi connectivity index (χ4n) is 1.39. The van der Waals surface area contributed by atoms with Crippen molar-refractivity contribution in [3.63, 3.8) is 0 Å². The van der Waals surface area contributed by atoms with Gasteiger partial charge in [-0.15, -0.1) is 22.7 Å². The molecule has 1 saturated carbocycles. The van der Waals surface area contributed by atoms with Gasteiger partial charge in [0.25, 0.3) is 0 Å². The van der Waals surface area contributed by atoms with Gasteiger partial charge in [0.1, 0.15) is 5.01 Å². The van der Waals surface area contributed by atoms with Crippen molar-refractivity contribution in [2.45, 2.75) is 18.8 Å². The van der Waals surface area contributed by atoms with E-state index in [1.165, 1.54) is 28.4 Å². The van der Waals surface area contributed by atoms with Gasteiger partial charge in [0.15, 0.2) is 0 Å². The van der Waals surface area contributed by atoms with Gasteiger partial charge in [-0.2, -0.15) is 0 Å². The van der Waals surface area contributed by atoms with Crippen molar-refractivity contribution < 1.29 is 0 Å². The molecule has 0 aromatic carbocycles. The number of hydrogen-bond acceptors (Lipinski definition) is 3. The Bertz CT molecular complexity index is 456. The van der Waals surface area contributed by atoms with Crippen LogP contribution in [0.25, 0.3) is 9.88 Å². The summed E-state index contributed by atoms with van der Waals surface area (Å²) in [4.78, 5) is 5.94. The van der Waals surface area contributed by atoms with Crippen LogP contribution in [-0.2, 0) is 0 Å². The standard InChI is InChI=1S/C10H8BrNS2/c11-7-3-9(13-4-7)10-12-8(5-14-10)6-1-2-6/h3-6H,1-2H2. The van der Waals surface area contributed by atoms with Gasteiger partial charge in [-0.25, -0.2) is 4.98 Å². The van der Waals surface area contributed by atoms with Crippen LogP contribution in [0.1, 0.15) is 24.5 Å². The molecule has 1 aliphatic rings. The molecule has 2 aromatic heterocycles. The summed E-state index contributed by atoms with van der Waals surface area (Å²) < 4.78 is 1.15. The predicted molar refractivity (Wildman–Crippen MR) is 65.1 cm³/mol. The van der Waals surface area contributed by atoms with Gasteiger partial charge in [-0.3, -0.25) is 0 Å². The minimum absolute atomic E-state index is 0.767. The van der Waals surface area contributed by atoms with Crippen molar-refractivity contribution >= 4 is 38.6 Å². The fraction of sp³-hybridized carbons (Fsp3) is 0.300. The van der Waals surface area contributed by atoms with Gasteiger partial charge in [-0.05, 0) is 34.8 Å². The van der Waals surface area contributed by atoms with Crippen LogP contribution in [0.3, 0.4) is 0 Å². The van der Waals surface area contributed by atoms with Gasteiger partial charge < -0.3 is 0 Å². The van der Waals surface area contributed by atoms with E-state index in [9.17, 15) is 0 Å². The number of thiazole rings is 1. The van der Waals surface area contributed by atoms with E-state index in [4.69, 9.17) is 0 Å². The van der Waals surface area contributed by atoms with E-state index >= 15 is 0 Å². The summed E-state index contributed by atoms with van der Waals surface area (Å²) in [5.41, 5.74) is 1.30. The zero-order valence-electron chi connectivity index (χ0n) is 7.37. The zero-order chi connectivity index (χ0) is 9.54. The average molecular weight is 286 g/mol. The quantitative estimate of drug-likeness (QED) is 0.791. The van der Waals surface area contributed by atoms with Gasteiger partial charge in [0, 0.05) is 21.2 Å². The second-order valence-electron chi connectivity index (χ2n) is 3.48. The Morgan fingerprint density at radius 3 is 2.79 bits per heavy atom. The first kappa shape index (κ1) is 9.07. The van der Waals surface area contributed by atoms with Crippen LogP contribution in [0, 0.1) is 0 Å². The van der Waals surface area contributed by atoms with Gasteiger partial charge in [-0.1, -0.05) is 0 Å². The molecule has 4 heteroatoms. The van der Waals surface area contributed by atoms with Crippen LogP contribution in [0.5, 0.6) is 0 Å². The number of nitrogens with zero attached hydrogens (tertiary/aromatic N) is 1. The number of hydrogen-bond donors (Lipinski definition) is 0. The third kappa shape index (κ3) is 1.66. The lowest BCUT2D eigenvalue weighted by molar-refractivity contribution is 1.05. The normalized spacial score (nSPS) is 16.1. The smallest absolute Gasteiger partial charge is 0.133 e.